The van der Waals surface area contributed by atoms with Crippen molar-refractivity contribution in [3.8, 4) is 0 Å². The molecule has 0 aromatic heterocycles. The highest BCUT2D eigenvalue weighted by Crippen LogP contribution is 2.21. The van der Waals surface area contributed by atoms with E-state index in [1.165, 1.54) is 11.6 Å². The predicted molar refractivity (Wildman–Crippen MR) is 77.3 cm³/mol. The second-order valence-corrected chi connectivity index (χ2v) is 5.31. The average Bonchev–Trinajstić information content (AvgIpc) is 2.32. The van der Waals surface area contributed by atoms with E-state index in [1.807, 2.05) is 24.3 Å². The lowest BCUT2D eigenvalue weighted by atomic mass is 10.1. The summed E-state index contributed by atoms with van der Waals surface area (Å²) in [6.07, 6.45) is 0. The summed E-state index contributed by atoms with van der Waals surface area (Å²) >= 11 is 3.44. The SMILES string of the molecule is Cc1cc(CNc2ccc(Br)cc2C)ccc1F. The highest BCUT2D eigenvalue weighted by atomic mass is 79.9. The van der Waals surface area contributed by atoms with Crippen LogP contribution in [0, 0.1) is 19.7 Å². The van der Waals surface area contributed by atoms with Crippen LogP contribution < -0.4 is 5.32 Å². The Kier molecular flexibility index (Phi) is 4.02. The number of aryl methyl sites for hydroxylation is 2. The number of rotatable bonds is 3. The first kappa shape index (κ1) is 13.1. The lowest BCUT2D eigenvalue weighted by Crippen LogP contribution is -2.01. The summed E-state index contributed by atoms with van der Waals surface area (Å²) in [5.74, 6) is -0.154. The van der Waals surface area contributed by atoms with Crippen molar-refractivity contribution in [2.24, 2.45) is 0 Å². The van der Waals surface area contributed by atoms with E-state index in [0.717, 1.165) is 15.7 Å². The van der Waals surface area contributed by atoms with Crippen molar-refractivity contribution in [1.29, 1.82) is 0 Å². The molecule has 0 radical (unpaired) electrons. The summed E-state index contributed by atoms with van der Waals surface area (Å²) in [7, 11) is 0. The third-order valence-corrected chi connectivity index (χ3v) is 3.39. The van der Waals surface area contributed by atoms with E-state index in [0.29, 0.717) is 12.1 Å². The monoisotopic (exact) mass is 307 g/mol. The normalized spacial score (nSPS) is 10.4. The van der Waals surface area contributed by atoms with E-state index in [2.05, 4.69) is 34.2 Å². The van der Waals surface area contributed by atoms with Gasteiger partial charge in [0.25, 0.3) is 0 Å². The molecule has 18 heavy (non-hydrogen) atoms. The van der Waals surface area contributed by atoms with Crippen LogP contribution in [0.15, 0.2) is 40.9 Å². The Bertz CT molecular complexity index is 566. The van der Waals surface area contributed by atoms with Crippen molar-refractivity contribution in [3.05, 3.63) is 63.4 Å². The molecule has 1 nitrogen and oxygen atoms in total. The van der Waals surface area contributed by atoms with Crippen LogP contribution in [0.3, 0.4) is 0 Å². The molecule has 94 valence electrons. The third-order valence-electron chi connectivity index (χ3n) is 2.89. The molecule has 0 aliphatic rings. The van der Waals surface area contributed by atoms with Gasteiger partial charge in [0, 0.05) is 16.7 Å². The van der Waals surface area contributed by atoms with Crippen LogP contribution in [0.5, 0.6) is 0 Å². The van der Waals surface area contributed by atoms with Crippen LogP contribution >= 0.6 is 15.9 Å². The molecule has 0 bridgehead atoms. The standard InChI is InChI=1S/C15H15BrFN/c1-10-7-12(3-5-14(10)17)9-18-15-6-4-13(16)8-11(15)2/h3-8,18H,9H2,1-2H3. The van der Waals surface area contributed by atoms with Crippen LogP contribution in [0.4, 0.5) is 10.1 Å². The number of hydrogen-bond donors (Lipinski definition) is 1. The van der Waals surface area contributed by atoms with Gasteiger partial charge in [-0.1, -0.05) is 28.1 Å². The maximum Gasteiger partial charge on any atom is 0.126 e. The second kappa shape index (κ2) is 5.53. The Hall–Kier alpha value is -1.35. The van der Waals surface area contributed by atoms with E-state index in [-0.39, 0.29) is 5.82 Å². The lowest BCUT2D eigenvalue weighted by molar-refractivity contribution is 0.617. The summed E-state index contributed by atoms with van der Waals surface area (Å²) in [6.45, 7) is 4.54. The lowest BCUT2D eigenvalue weighted by Gasteiger charge is -2.10. The Labute approximate surface area is 115 Å². The number of hydrogen-bond acceptors (Lipinski definition) is 1. The summed E-state index contributed by atoms with van der Waals surface area (Å²) in [5, 5.41) is 3.36. The van der Waals surface area contributed by atoms with Gasteiger partial charge in [-0.05, 0) is 54.8 Å². The van der Waals surface area contributed by atoms with Crippen molar-refractivity contribution < 1.29 is 4.39 Å². The average molecular weight is 308 g/mol. The molecule has 0 unspecified atom stereocenters. The van der Waals surface area contributed by atoms with Gasteiger partial charge in [-0.2, -0.15) is 0 Å². The van der Waals surface area contributed by atoms with Gasteiger partial charge in [0.1, 0.15) is 5.82 Å². The van der Waals surface area contributed by atoms with E-state index >= 15 is 0 Å². The van der Waals surface area contributed by atoms with Crippen molar-refractivity contribution in [2.45, 2.75) is 20.4 Å². The van der Waals surface area contributed by atoms with Gasteiger partial charge in [-0.25, -0.2) is 4.39 Å². The second-order valence-electron chi connectivity index (χ2n) is 4.40. The molecule has 2 aromatic rings. The Morgan fingerprint density at radius 2 is 1.83 bits per heavy atom. The highest BCUT2D eigenvalue weighted by Gasteiger charge is 2.01. The predicted octanol–water partition coefficient (Wildman–Crippen LogP) is 4.82. The zero-order valence-electron chi connectivity index (χ0n) is 10.4. The molecule has 0 aliphatic carbocycles. The molecule has 3 heteroatoms. The molecule has 0 saturated heterocycles. The molecule has 0 saturated carbocycles. The van der Waals surface area contributed by atoms with Gasteiger partial charge in [-0.3, -0.25) is 0 Å². The fourth-order valence-corrected chi connectivity index (χ4v) is 2.32. The maximum atomic E-state index is 13.1. The molecule has 0 amide bonds. The number of benzene rings is 2. The molecule has 0 spiro atoms. The largest absolute Gasteiger partial charge is 0.381 e. The molecule has 0 aliphatic heterocycles. The van der Waals surface area contributed by atoms with E-state index in [1.54, 1.807) is 6.92 Å². The summed E-state index contributed by atoms with van der Waals surface area (Å²) in [6, 6.07) is 11.3. The molecule has 2 rings (SSSR count). The molecule has 0 fully saturated rings. The van der Waals surface area contributed by atoms with Gasteiger partial charge in [0.15, 0.2) is 0 Å². The first-order valence-corrected chi connectivity index (χ1v) is 6.60. The minimum absolute atomic E-state index is 0.154. The first-order chi connectivity index (χ1) is 8.56. The van der Waals surface area contributed by atoms with Crippen molar-refractivity contribution in [2.75, 3.05) is 5.32 Å². The van der Waals surface area contributed by atoms with E-state index in [4.69, 9.17) is 0 Å². The van der Waals surface area contributed by atoms with Crippen molar-refractivity contribution in [1.82, 2.24) is 0 Å². The van der Waals surface area contributed by atoms with E-state index in [9.17, 15) is 4.39 Å². The van der Waals surface area contributed by atoms with Crippen LogP contribution in [-0.2, 0) is 6.54 Å². The number of anilines is 1. The summed E-state index contributed by atoms with van der Waals surface area (Å²) in [5.41, 5.74) is 4.04. The Morgan fingerprint density at radius 3 is 2.50 bits per heavy atom. The fraction of sp³-hybridized carbons (Fsp3) is 0.200. The Morgan fingerprint density at radius 1 is 1.06 bits per heavy atom. The van der Waals surface area contributed by atoms with Crippen LogP contribution in [-0.4, -0.2) is 0 Å². The van der Waals surface area contributed by atoms with Crippen molar-refractivity contribution >= 4 is 21.6 Å². The van der Waals surface area contributed by atoms with Crippen LogP contribution in [0.1, 0.15) is 16.7 Å². The highest BCUT2D eigenvalue weighted by molar-refractivity contribution is 9.10. The fourth-order valence-electron chi connectivity index (χ4n) is 1.84. The van der Waals surface area contributed by atoms with Gasteiger partial charge >= 0.3 is 0 Å². The minimum atomic E-state index is -0.154. The van der Waals surface area contributed by atoms with Gasteiger partial charge in [-0.15, -0.1) is 0 Å². The quantitative estimate of drug-likeness (QED) is 0.857. The molecule has 0 atom stereocenters. The van der Waals surface area contributed by atoms with Gasteiger partial charge in [0.2, 0.25) is 0 Å². The summed E-state index contributed by atoms with van der Waals surface area (Å²) < 4.78 is 14.2. The summed E-state index contributed by atoms with van der Waals surface area (Å²) in [4.78, 5) is 0. The smallest absolute Gasteiger partial charge is 0.126 e. The maximum absolute atomic E-state index is 13.1. The molecule has 0 heterocycles. The topological polar surface area (TPSA) is 12.0 Å². The first-order valence-electron chi connectivity index (χ1n) is 5.81. The third kappa shape index (κ3) is 3.10. The van der Waals surface area contributed by atoms with Crippen LogP contribution in [0.25, 0.3) is 0 Å². The Balaban J connectivity index is 2.09. The molecule has 2 aromatic carbocycles. The number of halogens is 2. The van der Waals surface area contributed by atoms with Gasteiger partial charge in [0.05, 0.1) is 0 Å². The molecular formula is C15H15BrFN. The minimum Gasteiger partial charge on any atom is -0.381 e. The number of nitrogens with one attached hydrogen (secondary N) is 1. The van der Waals surface area contributed by atoms with Crippen LogP contribution in [0.2, 0.25) is 0 Å². The van der Waals surface area contributed by atoms with Gasteiger partial charge < -0.3 is 5.32 Å². The van der Waals surface area contributed by atoms with Crippen molar-refractivity contribution in [3.63, 3.8) is 0 Å². The molecule has 1 N–H and O–H groups in total. The zero-order chi connectivity index (χ0) is 13.1. The molecular weight excluding hydrogens is 293 g/mol. The zero-order valence-corrected chi connectivity index (χ0v) is 12.0. The van der Waals surface area contributed by atoms with E-state index < -0.39 is 0 Å².